The van der Waals surface area contributed by atoms with Gasteiger partial charge in [0.25, 0.3) is 0 Å². The van der Waals surface area contributed by atoms with E-state index in [-0.39, 0.29) is 11.6 Å². The molecule has 0 saturated heterocycles. The van der Waals surface area contributed by atoms with E-state index in [1.165, 1.54) is 11.8 Å². The molecule has 2 aromatic heterocycles. The molecule has 0 bridgehead atoms. The van der Waals surface area contributed by atoms with Gasteiger partial charge in [0.2, 0.25) is 0 Å². The predicted octanol–water partition coefficient (Wildman–Crippen LogP) is 7.97. The van der Waals surface area contributed by atoms with Gasteiger partial charge in [0.05, 0.1) is 13.7 Å². The Balaban J connectivity index is 1.31. The smallest absolute Gasteiger partial charge is 0.347 e. The van der Waals surface area contributed by atoms with Crippen LogP contribution in [0.15, 0.2) is 144 Å². The molecular formula is C45H45N7O3. The molecule has 1 unspecified atom stereocenters. The Morgan fingerprint density at radius 1 is 0.745 bits per heavy atom. The normalized spacial score (nSPS) is 12.2. The van der Waals surface area contributed by atoms with Gasteiger partial charge in [-0.2, -0.15) is 9.78 Å². The second kappa shape index (κ2) is 16.3. The van der Waals surface area contributed by atoms with Crippen LogP contribution >= 0.6 is 0 Å². The first kappa shape index (κ1) is 36.9. The Labute approximate surface area is 321 Å². The van der Waals surface area contributed by atoms with Crippen molar-refractivity contribution in [1.29, 1.82) is 0 Å². The molecule has 10 nitrogen and oxygen atoms in total. The first-order valence-electron chi connectivity index (χ1n) is 18.8. The molecule has 5 aromatic carbocycles. The molecule has 0 fully saturated rings. The van der Waals surface area contributed by atoms with Crippen LogP contribution in [0.4, 0.5) is 0 Å². The van der Waals surface area contributed by atoms with E-state index in [2.05, 4.69) is 77.9 Å². The number of ether oxygens (including phenoxy) is 1. The standard InChI is InChI=1S/C45H45N7O3/c1-5-6-26-40-47-51(41(32(2)3)43(53)55-4)44(54)50(40)31-33-27-29-34(30-28-33)38-24-16-17-25-39(38)42-46-48-49-52(42)45(35-18-10-7-11-19-35,36-20-12-8-13-21-36)37-22-14-9-15-23-37/h7-25,27-30,32,41H,5-6,26,31H2,1-4H3. The van der Waals surface area contributed by atoms with Crippen molar-refractivity contribution in [3.05, 3.63) is 178 Å². The minimum atomic E-state index is -0.894. The van der Waals surface area contributed by atoms with Crippen molar-refractivity contribution in [2.24, 2.45) is 5.92 Å². The number of rotatable bonds is 14. The third-order valence-corrected chi connectivity index (χ3v) is 10.2. The number of carbonyl (C=O) groups is 1. The lowest BCUT2D eigenvalue weighted by atomic mass is 9.77. The first-order chi connectivity index (χ1) is 26.9. The highest BCUT2D eigenvalue weighted by atomic mass is 16.5. The van der Waals surface area contributed by atoms with E-state index in [1.807, 2.05) is 97.4 Å². The summed E-state index contributed by atoms with van der Waals surface area (Å²) < 4.78 is 9.98. The molecule has 1 atom stereocenters. The summed E-state index contributed by atoms with van der Waals surface area (Å²) in [6, 6.07) is 46.6. The summed E-state index contributed by atoms with van der Waals surface area (Å²) in [5.41, 5.74) is 5.57. The number of tetrazole rings is 1. The number of carbonyl (C=O) groups excluding carboxylic acids is 1. The number of aromatic nitrogens is 7. The van der Waals surface area contributed by atoms with Gasteiger partial charge in [-0.05, 0) is 56.1 Å². The lowest BCUT2D eigenvalue weighted by Gasteiger charge is -2.36. The van der Waals surface area contributed by atoms with Crippen molar-refractivity contribution < 1.29 is 9.53 Å². The number of aryl methyl sites for hydroxylation is 1. The molecule has 2 heterocycles. The van der Waals surface area contributed by atoms with Gasteiger partial charge >= 0.3 is 11.7 Å². The number of benzene rings is 5. The quantitative estimate of drug-likeness (QED) is 0.0825. The Morgan fingerprint density at radius 2 is 1.29 bits per heavy atom. The number of hydrogen-bond donors (Lipinski definition) is 0. The van der Waals surface area contributed by atoms with Crippen molar-refractivity contribution in [3.8, 4) is 22.5 Å². The van der Waals surface area contributed by atoms with Gasteiger partial charge in [0, 0.05) is 12.0 Å². The predicted molar refractivity (Wildman–Crippen MR) is 213 cm³/mol. The molecule has 10 heteroatoms. The lowest BCUT2D eigenvalue weighted by molar-refractivity contribution is -0.146. The van der Waals surface area contributed by atoms with Crippen LogP contribution in [-0.4, -0.2) is 47.6 Å². The van der Waals surface area contributed by atoms with Crippen LogP contribution in [0.2, 0.25) is 0 Å². The van der Waals surface area contributed by atoms with Crippen LogP contribution in [0, 0.1) is 5.92 Å². The van der Waals surface area contributed by atoms with Crippen molar-refractivity contribution in [2.75, 3.05) is 7.11 Å². The average molecular weight is 732 g/mol. The number of nitrogens with zero attached hydrogens (tertiary/aromatic N) is 7. The van der Waals surface area contributed by atoms with Crippen molar-refractivity contribution in [1.82, 2.24) is 34.6 Å². The Bertz CT molecular complexity index is 2300. The number of methoxy groups -OCH3 is 1. The largest absolute Gasteiger partial charge is 0.467 e. The maximum Gasteiger partial charge on any atom is 0.347 e. The molecule has 7 rings (SSSR count). The van der Waals surface area contributed by atoms with E-state index in [4.69, 9.17) is 15.0 Å². The third kappa shape index (κ3) is 7.03. The van der Waals surface area contributed by atoms with E-state index in [1.54, 1.807) is 4.57 Å². The van der Waals surface area contributed by atoms with Crippen LogP contribution in [0.25, 0.3) is 22.5 Å². The summed E-state index contributed by atoms with van der Waals surface area (Å²) in [6.45, 7) is 6.19. The summed E-state index contributed by atoms with van der Waals surface area (Å²) in [6.07, 6.45) is 2.45. The fraction of sp³-hybridized carbons (Fsp3) is 0.244. The molecule has 0 radical (unpaired) electrons. The van der Waals surface area contributed by atoms with Gasteiger partial charge in [-0.25, -0.2) is 14.3 Å². The van der Waals surface area contributed by atoms with Gasteiger partial charge in [0.1, 0.15) is 11.4 Å². The summed E-state index contributed by atoms with van der Waals surface area (Å²) >= 11 is 0. The monoisotopic (exact) mass is 731 g/mol. The van der Waals surface area contributed by atoms with Crippen molar-refractivity contribution in [3.63, 3.8) is 0 Å². The molecule has 278 valence electrons. The summed E-state index contributed by atoms with van der Waals surface area (Å²) in [7, 11) is 1.34. The fourth-order valence-corrected chi connectivity index (χ4v) is 7.48. The van der Waals surface area contributed by atoms with Crippen LogP contribution in [0.3, 0.4) is 0 Å². The highest BCUT2D eigenvalue weighted by molar-refractivity contribution is 5.81. The molecule has 0 saturated carbocycles. The zero-order valence-corrected chi connectivity index (χ0v) is 31.6. The van der Waals surface area contributed by atoms with Crippen molar-refractivity contribution >= 4 is 5.97 Å². The third-order valence-electron chi connectivity index (χ3n) is 10.2. The van der Waals surface area contributed by atoms with E-state index in [0.717, 1.165) is 51.8 Å². The fourth-order valence-electron chi connectivity index (χ4n) is 7.48. The van der Waals surface area contributed by atoms with Gasteiger partial charge in [0.15, 0.2) is 11.9 Å². The topological polar surface area (TPSA) is 110 Å². The first-order valence-corrected chi connectivity index (χ1v) is 18.8. The van der Waals surface area contributed by atoms with E-state index in [0.29, 0.717) is 24.6 Å². The maximum absolute atomic E-state index is 13.8. The summed E-state index contributed by atoms with van der Waals surface area (Å²) in [5, 5.41) is 18.4. The van der Waals surface area contributed by atoms with Crippen LogP contribution < -0.4 is 5.69 Å². The second-order valence-electron chi connectivity index (χ2n) is 14.0. The van der Waals surface area contributed by atoms with Gasteiger partial charge in [-0.15, -0.1) is 5.10 Å². The SMILES string of the molecule is CCCCc1nn(C(C(=O)OC)C(C)C)c(=O)n1Cc1ccc(-c2ccccc2-c2nnnn2C(c2ccccc2)(c2ccccc2)c2ccccc2)cc1. The van der Waals surface area contributed by atoms with Gasteiger partial charge < -0.3 is 4.74 Å². The number of unbranched alkanes of at least 4 members (excludes halogenated alkanes) is 1. The molecule has 0 aliphatic carbocycles. The van der Waals surface area contributed by atoms with E-state index >= 15 is 0 Å². The summed E-state index contributed by atoms with van der Waals surface area (Å²) in [5.74, 6) is 0.611. The molecule has 0 amide bonds. The van der Waals surface area contributed by atoms with Gasteiger partial charge in [-0.3, -0.25) is 4.57 Å². The zero-order valence-electron chi connectivity index (χ0n) is 31.6. The Hall–Kier alpha value is -6.42. The molecule has 55 heavy (non-hydrogen) atoms. The summed E-state index contributed by atoms with van der Waals surface area (Å²) in [4.78, 5) is 26.6. The minimum absolute atomic E-state index is 0.175. The Morgan fingerprint density at radius 3 is 1.82 bits per heavy atom. The molecule has 0 N–H and O–H groups in total. The van der Waals surface area contributed by atoms with Crippen LogP contribution in [0.1, 0.15) is 67.7 Å². The van der Waals surface area contributed by atoms with E-state index in [9.17, 15) is 9.59 Å². The lowest BCUT2D eigenvalue weighted by Crippen LogP contribution is -2.39. The highest BCUT2D eigenvalue weighted by Gasteiger charge is 2.42. The Kier molecular flexibility index (Phi) is 10.9. The highest BCUT2D eigenvalue weighted by Crippen LogP contribution is 2.43. The number of esters is 1. The average Bonchev–Trinajstić information content (AvgIpc) is 3.83. The van der Waals surface area contributed by atoms with Crippen molar-refractivity contribution in [2.45, 2.75) is 58.2 Å². The number of hydrogen-bond acceptors (Lipinski definition) is 7. The van der Waals surface area contributed by atoms with Crippen LogP contribution in [-0.2, 0) is 28.0 Å². The van der Waals surface area contributed by atoms with Gasteiger partial charge in [-0.1, -0.05) is 167 Å². The minimum Gasteiger partial charge on any atom is -0.467 e. The molecule has 7 aromatic rings. The van der Waals surface area contributed by atoms with Crippen LogP contribution in [0.5, 0.6) is 0 Å². The molecule has 0 spiro atoms. The molecule has 0 aliphatic rings. The molecular weight excluding hydrogens is 687 g/mol. The second-order valence-corrected chi connectivity index (χ2v) is 14.0. The maximum atomic E-state index is 13.8. The molecule has 0 aliphatic heterocycles. The zero-order chi connectivity index (χ0) is 38.4. The van der Waals surface area contributed by atoms with E-state index < -0.39 is 17.6 Å².